The largest absolute Gasteiger partial charge is 0.494 e. The monoisotopic (exact) mass is 292 g/mol. The molecular formula is C18H32N2O. The Kier molecular flexibility index (Phi) is 9.71. The Labute approximate surface area is 130 Å². The number of ether oxygens (including phenoxy) is 1. The highest BCUT2D eigenvalue weighted by molar-refractivity contribution is 5.48. The van der Waals surface area contributed by atoms with Gasteiger partial charge in [0.05, 0.1) is 6.61 Å². The van der Waals surface area contributed by atoms with E-state index < -0.39 is 0 Å². The molecule has 3 heteroatoms. The zero-order chi connectivity index (χ0) is 15.3. The first kappa shape index (κ1) is 17.8. The van der Waals surface area contributed by atoms with Crippen LogP contribution in [0.5, 0.6) is 5.75 Å². The van der Waals surface area contributed by atoms with E-state index in [4.69, 9.17) is 4.74 Å². The molecule has 0 fully saturated rings. The third kappa shape index (κ3) is 7.96. The molecule has 0 amide bonds. The summed E-state index contributed by atoms with van der Waals surface area (Å²) >= 11 is 0. The van der Waals surface area contributed by atoms with Crippen molar-refractivity contribution in [2.45, 2.75) is 46.5 Å². The van der Waals surface area contributed by atoms with Crippen LogP contribution in [0.1, 0.15) is 46.5 Å². The summed E-state index contributed by atoms with van der Waals surface area (Å²) in [5.41, 5.74) is 1.15. The maximum atomic E-state index is 5.81. The van der Waals surface area contributed by atoms with E-state index in [0.29, 0.717) is 0 Å². The fraction of sp³-hybridized carbons (Fsp3) is 0.667. The summed E-state index contributed by atoms with van der Waals surface area (Å²) in [5, 5.41) is 3.47. The number of hydrogen-bond acceptors (Lipinski definition) is 3. The van der Waals surface area contributed by atoms with Gasteiger partial charge in [0.2, 0.25) is 0 Å². The van der Waals surface area contributed by atoms with Crippen LogP contribution in [0.25, 0.3) is 0 Å². The number of anilines is 1. The summed E-state index contributed by atoms with van der Waals surface area (Å²) in [6.45, 7) is 11.7. The molecule has 0 saturated carbocycles. The van der Waals surface area contributed by atoms with Gasteiger partial charge in [0.1, 0.15) is 5.75 Å². The minimum atomic E-state index is 0.822. The molecule has 21 heavy (non-hydrogen) atoms. The zero-order valence-corrected chi connectivity index (χ0v) is 14.0. The molecule has 0 bridgehead atoms. The lowest BCUT2D eigenvalue weighted by Crippen LogP contribution is -2.28. The van der Waals surface area contributed by atoms with Gasteiger partial charge >= 0.3 is 0 Å². The molecule has 0 radical (unpaired) electrons. The molecule has 1 N–H and O–H groups in total. The van der Waals surface area contributed by atoms with E-state index in [2.05, 4.69) is 49.2 Å². The van der Waals surface area contributed by atoms with Crippen molar-refractivity contribution in [2.24, 2.45) is 0 Å². The van der Waals surface area contributed by atoms with Crippen molar-refractivity contribution in [1.29, 1.82) is 0 Å². The predicted octanol–water partition coefficient (Wildman–Crippen LogP) is 4.40. The molecule has 0 saturated heterocycles. The van der Waals surface area contributed by atoms with E-state index in [1.165, 1.54) is 19.3 Å². The number of benzene rings is 1. The summed E-state index contributed by atoms with van der Waals surface area (Å²) in [5.74, 6) is 0.972. The molecule has 120 valence electrons. The quantitative estimate of drug-likeness (QED) is 0.578. The van der Waals surface area contributed by atoms with Crippen molar-refractivity contribution in [3.05, 3.63) is 24.3 Å². The Morgan fingerprint density at radius 1 is 1.05 bits per heavy atom. The minimum Gasteiger partial charge on any atom is -0.494 e. The molecule has 0 aliphatic carbocycles. The van der Waals surface area contributed by atoms with E-state index in [9.17, 15) is 0 Å². The molecule has 0 heterocycles. The molecular weight excluding hydrogens is 260 g/mol. The van der Waals surface area contributed by atoms with E-state index in [0.717, 1.165) is 50.6 Å². The zero-order valence-electron chi connectivity index (χ0n) is 14.0. The standard InChI is InChI=1S/C18H32N2O/c1-4-7-8-9-15-21-18-12-10-11-17(16-18)19-13-14-20(5-2)6-3/h10-12,16,19H,4-9,13-15H2,1-3H3. The SMILES string of the molecule is CCCCCCOc1cccc(NCCN(CC)CC)c1. The van der Waals surface area contributed by atoms with Crippen LogP contribution >= 0.6 is 0 Å². The Bertz CT molecular complexity index is 364. The second kappa shape index (κ2) is 11.4. The lowest BCUT2D eigenvalue weighted by Gasteiger charge is -2.18. The first-order valence-electron chi connectivity index (χ1n) is 8.49. The van der Waals surface area contributed by atoms with E-state index in [1.54, 1.807) is 0 Å². The van der Waals surface area contributed by atoms with Gasteiger partial charge < -0.3 is 15.0 Å². The molecule has 0 aliphatic rings. The summed E-state index contributed by atoms with van der Waals surface area (Å²) in [6.07, 6.45) is 4.98. The van der Waals surface area contributed by atoms with Crippen LogP contribution in [-0.2, 0) is 0 Å². The smallest absolute Gasteiger partial charge is 0.121 e. The Morgan fingerprint density at radius 2 is 1.86 bits per heavy atom. The fourth-order valence-corrected chi connectivity index (χ4v) is 2.31. The highest BCUT2D eigenvalue weighted by Gasteiger charge is 2.00. The first-order valence-corrected chi connectivity index (χ1v) is 8.49. The molecule has 1 rings (SSSR count). The molecule has 1 aromatic rings. The van der Waals surface area contributed by atoms with Gasteiger partial charge in [-0.3, -0.25) is 0 Å². The van der Waals surface area contributed by atoms with Crippen molar-refractivity contribution in [3.63, 3.8) is 0 Å². The van der Waals surface area contributed by atoms with Crippen LogP contribution in [0.2, 0.25) is 0 Å². The lowest BCUT2D eigenvalue weighted by molar-refractivity contribution is 0.305. The molecule has 0 aliphatic heterocycles. The number of nitrogens with one attached hydrogen (secondary N) is 1. The van der Waals surface area contributed by atoms with Crippen molar-refractivity contribution in [3.8, 4) is 5.75 Å². The minimum absolute atomic E-state index is 0.822. The molecule has 0 atom stereocenters. The predicted molar refractivity (Wildman–Crippen MR) is 92.4 cm³/mol. The average Bonchev–Trinajstić information content (AvgIpc) is 2.52. The van der Waals surface area contributed by atoms with Gasteiger partial charge in [-0.2, -0.15) is 0 Å². The van der Waals surface area contributed by atoms with Crippen LogP contribution in [0, 0.1) is 0 Å². The van der Waals surface area contributed by atoms with Gasteiger partial charge in [0.15, 0.2) is 0 Å². The summed E-state index contributed by atoms with van der Waals surface area (Å²) in [7, 11) is 0. The van der Waals surface area contributed by atoms with Crippen LogP contribution in [0.4, 0.5) is 5.69 Å². The second-order valence-corrected chi connectivity index (χ2v) is 5.39. The number of hydrogen-bond donors (Lipinski definition) is 1. The molecule has 3 nitrogen and oxygen atoms in total. The summed E-state index contributed by atoms with van der Waals surface area (Å²) < 4.78 is 5.81. The van der Waals surface area contributed by atoms with Crippen molar-refractivity contribution in [1.82, 2.24) is 4.90 Å². The number of rotatable bonds is 12. The third-order valence-corrected chi connectivity index (χ3v) is 3.75. The second-order valence-electron chi connectivity index (χ2n) is 5.39. The first-order chi connectivity index (χ1) is 10.3. The average molecular weight is 292 g/mol. The van der Waals surface area contributed by atoms with E-state index in [-0.39, 0.29) is 0 Å². The number of likely N-dealkylation sites (N-methyl/N-ethyl adjacent to an activating group) is 1. The van der Waals surface area contributed by atoms with Gasteiger partial charge in [0, 0.05) is 24.8 Å². The van der Waals surface area contributed by atoms with Crippen molar-refractivity contribution < 1.29 is 4.74 Å². The molecule has 1 aromatic carbocycles. The van der Waals surface area contributed by atoms with Gasteiger partial charge in [-0.05, 0) is 31.6 Å². The Hall–Kier alpha value is -1.22. The Morgan fingerprint density at radius 3 is 2.57 bits per heavy atom. The number of nitrogens with zero attached hydrogens (tertiary/aromatic N) is 1. The topological polar surface area (TPSA) is 24.5 Å². The number of unbranched alkanes of at least 4 members (excludes halogenated alkanes) is 3. The highest BCUT2D eigenvalue weighted by Crippen LogP contribution is 2.17. The van der Waals surface area contributed by atoms with Crippen LogP contribution < -0.4 is 10.1 Å². The highest BCUT2D eigenvalue weighted by atomic mass is 16.5. The van der Waals surface area contributed by atoms with Crippen molar-refractivity contribution >= 4 is 5.69 Å². The van der Waals surface area contributed by atoms with Gasteiger partial charge in [0.25, 0.3) is 0 Å². The van der Waals surface area contributed by atoms with Gasteiger partial charge in [-0.1, -0.05) is 46.1 Å². The fourth-order valence-electron chi connectivity index (χ4n) is 2.31. The third-order valence-electron chi connectivity index (χ3n) is 3.75. The molecule has 0 aromatic heterocycles. The molecule has 0 spiro atoms. The van der Waals surface area contributed by atoms with E-state index in [1.807, 2.05) is 6.07 Å². The maximum absolute atomic E-state index is 5.81. The molecule has 0 unspecified atom stereocenters. The van der Waals surface area contributed by atoms with Crippen molar-refractivity contribution in [2.75, 3.05) is 38.1 Å². The van der Waals surface area contributed by atoms with Gasteiger partial charge in [-0.25, -0.2) is 0 Å². The lowest BCUT2D eigenvalue weighted by atomic mass is 10.2. The summed E-state index contributed by atoms with van der Waals surface area (Å²) in [4.78, 5) is 2.42. The van der Waals surface area contributed by atoms with E-state index >= 15 is 0 Å². The summed E-state index contributed by atoms with van der Waals surface area (Å²) in [6, 6.07) is 8.30. The van der Waals surface area contributed by atoms with Gasteiger partial charge in [-0.15, -0.1) is 0 Å². The van der Waals surface area contributed by atoms with Crippen LogP contribution in [0.3, 0.4) is 0 Å². The van der Waals surface area contributed by atoms with Crippen LogP contribution in [0.15, 0.2) is 24.3 Å². The normalized spacial score (nSPS) is 10.9. The Balaban J connectivity index is 2.28. The van der Waals surface area contributed by atoms with Crippen LogP contribution in [-0.4, -0.2) is 37.7 Å². The maximum Gasteiger partial charge on any atom is 0.121 e.